The molecule has 1 N–H and O–H groups in total. The number of nitrogens with one attached hydrogen (secondary N) is 1. The molecule has 1 aliphatic carbocycles. The van der Waals surface area contributed by atoms with Crippen LogP contribution >= 0.6 is 0 Å². The molecule has 0 unspecified atom stereocenters. The predicted octanol–water partition coefficient (Wildman–Crippen LogP) is 2.15. The van der Waals surface area contributed by atoms with E-state index in [-0.39, 0.29) is 17.9 Å². The first-order chi connectivity index (χ1) is 10.8. The van der Waals surface area contributed by atoms with E-state index in [0.29, 0.717) is 18.4 Å². The average Bonchev–Trinajstić information content (AvgIpc) is 2.71. The molecule has 0 radical (unpaired) electrons. The quantitative estimate of drug-likeness (QED) is 0.939. The van der Waals surface area contributed by atoms with Crippen LogP contribution in [0.2, 0.25) is 0 Å². The van der Waals surface area contributed by atoms with Crippen molar-refractivity contribution in [1.82, 2.24) is 10.3 Å². The monoisotopic (exact) mass is 298 g/mol. The highest BCUT2D eigenvalue weighted by Crippen LogP contribution is 2.41. The Morgan fingerprint density at radius 1 is 1.32 bits per heavy atom. The predicted molar refractivity (Wildman–Crippen MR) is 81.9 cm³/mol. The van der Waals surface area contributed by atoms with Crippen molar-refractivity contribution in [3.05, 3.63) is 30.5 Å². The van der Waals surface area contributed by atoms with E-state index in [0.717, 1.165) is 29.4 Å². The fourth-order valence-electron chi connectivity index (χ4n) is 3.43. The Balaban J connectivity index is 1.55. The van der Waals surface area contributed by atoms with E-state index in [4.69, 9.17) is 9.47 Å². The summed E-state index contributed by atoms with van der Waals surface area (Å²) in [5, 5.41) is 5.03. The topological polar surface area (TPSA) is 60.5 Å². The molecule has 0 spiro atoms. The van der Waals surface area contributed by atoms with Crippen LogP contribution in [0.25, 0.3) is 10.8 Å². The zero-order valence-corrected chi connectivity index (χ0v) is 12.4. The number of aromatic nitrogens is 1. The van der Waals surface area contributed by atoms with Crippen molar-refractivity contribution in [1.29, 1.82) is 0 Å². The van der Waals surface area contributed by atoms with E-state index >= 15 is 0 Å². The number of benzene rings is 1. The van der Waals surface area contributed by atoms with Crippen molar-refractivity contribution in [2.45, 2.75) is 18.9 Å². The second-order valence-corrected chi connectivity index (χ2v) is 5.98. The third-order valence-electron chi connectivity index (χ3n) is 4.85. The van der Waals surface area contributed by atoms with Crippen molar-refractivity contribution < 1.29 is 14.3 Å². The molecule has 3 atom stereocenters. The molecule has 2 aromatic rings. The molecule has 2 heterocycles. The zero-order chi connectivity index (χ0) is 15.1. The van der Waals surface area contributed by atoms with Gasteiger partial charge in [-0.3, -0.25) is 4.79 Å². The summed E-state index contributed by atoms with van der Waals surface area (Å²) < 4.78 is 11.2. The van der Waals surface area contributed by atoms with Crippen molar-refractivity contribution >= 4 is 16.7 Å². The maximum absolute atomic E-state index is 11.8. The Kier molecular flexibility index (Phi) is 3.13. The number of pyridine rings is 1. The van der Waals surface area contributed by atoms with Crippen LogP contribution in [0.15, 0.2) is 30.5 Å². The second-order valence-electron chi connectivity index (χ2n) is 5.98. The Labute approximate surface area is 128 Å². The lowest BCUT2D eigenvalue weighted by molar-refractivity contribution is -0.124. The highest BCUT2D eigenvalue weighted by Gasteiger charge is 2.48. The van der Waals surface area contributed by atoms with Crippen LogP contribution in [-0.4, -0.2) is 30.6 Å². The van der Waals surface area contributed by atoms with Crippen LogP contribution in [0.5, 0.6) is 11.6 Å². The fourth-order valence-corrected chi connectivity index (χ4v) is 3.43. The number of carbonyl (C=O) groups excluding carboxylic acids is 1. The standard InChI is InChI=1S/C17H18N2O3/c1-21-11-3-2-10-6-7-18-17(14(10)8-11)22-9-15-12-4-5-13(12)16(20)19-15/h2-3,6-8,12-13,15H,4-5,9H2,1H3,(H,19,20)/t12-,13+,15+/m0/s1. The first-order valence-electron chi connectivity index (χ1n) is 7.62. The van der Waals surface area contributed by atoms with Gasteiger partial charge in [-0.2, -0.15) is 0 Å². The minimum atomic E-state index is 0.105. The van der Waals surface area contributed by atoms with Gasteiger partial charge in [-0.25, -0.2) is 4.98 Å². The van der Waals surface area contributed by atoms with Gasteiger partial charge in [0.15, 0.2) is 0 Å². The van der Waals surface area contributed by atoms with Gasteiger partial charge in [0.05, 0.1) is 13.2 Å². The smallest absolute Gasteiger partial charge is 0.223 e. The number of hydrogen-bond donors (Lipinski definition) is 1. The van der Waals surface area contributed by atoms with Gasteiger partial charge >= 0.3 is 0 Å². The van der Waals surface area contributed by atoms with Gasteiger partial charge < -0.3 is 14.8 Å². The molecule has 22 heavy (non-hydrogen) atoms. The number of hydrogen-bond acceptors (Lipinski definition) is 4. The van der Waals surface area contributed by atoms with Gasteiger partial charge in [-0.05, 0) is 42.3 Å². The van der Waals surface area contributed by atoms with Gasteiger partial charge in [0.25, 0.3) is 0 Å². The third-order valence-corrected chi connectivity index (χ3v) is 4.85. The molecule has 4 rings (SSSR count). The van der Waals surface area contributed by atoms with Crippen LogP contribution in [0, 0.1) is 11.8 Å². The first kappa shape index (κ1) is 13.4. The van der Waals surface area contributed by atoms with Crippen molar-refractivity contribution in [3.63, 3.8) is 0 Å². The molecule has 0 bridgehead atoms. The third kappa shape index (κ3) is 2.08. The Bertz CT molecular complexity index is 731. The van der Waals surface area contributed by atoms with E-state index in [1.165, 1.54) is 0 Å². The SMILES string of the molecule is COc1ccc2ccnc(OC[C@H]3NC(=O)[C@@H]4CC[C@H]34)c2c1. The lowest BCUT2D eigenvalue weighted by Gasteiger charge is -2.30. The normalized spacial score (nSPS) is 26.2. The molecular formula is C17H18N2O3. The molecule has 1 saturated carbocycles. The zero-order valence-electron chi connectivity index (χ0n) is 12.4. The number of fused-ring (bicyclic) bond motifs is 2. The number of methoxy groups -OCH3 is 1. The Morgan fingerprint density at radius 2 is 2.23 bits per heavy atom. The van der Waals surface area contributed by atoms with Gasteiger partial charge in [-0.15, -0.1) is 0 Å². The highest BCUT2D eigenvalue weighted by molar-refractivity contribution is 5.88. The number of nitrogens with zero attached hydrogens (tertiary/aromatic N) is 1. The first-order valence-corrected chi connectivity index (χ1v) is 7.62. The lowest BCUT2D eigenvalue weighted by Crippen LogP contribution is -2.36. The molecule has 1 aromatic heterocycles. The molecule has 1 amide bonds. The van der Waals surface area contributed by atoms with Crippen LogP contribution in [-0.2, 0) is 4.79 Å². The van der Waals surface area contributed by atoms with E-state index in [1.807, 2.05) is 24.3 Å². The maximum Gasteiger partial charge on any atom is 0.223 e. The fraction of sp³-hybridized carbons (Fsp3) is 0.412. The summed E-state index contributed by atoms with van der Waals surface area (Å²) in [5.41, 5.74) is 0. The van der Waals surface area contributed by atoms with Gasteiger partial charge in [0, 0.05) is 17.5 Å². The number of ether oxygens (including phenoxy) is 2. The van der Waals surface area contributed by atoms with E-state index in [1.54, 1.807) is 13.3 Å². The number of rotatable bonds is 4. The molecule has 1 aliphatic heterocycles. The van der Waals surface area contributed by atoms with Gasteiger partial charge in [0.1, 0.15) is 12.4 Å². The molecule has 5 heteroatoms. The summed E-state index contributed by atoms with van der Waals surface area (Å²) in [6, 6.07) is 7.89. The van der Waals surface area contributed by atoms with E-state index in [9.17, 15) is 4.79 Å². The van der Waals surface area contributed by atoms with Gasteiger partial charge in [-0.1, -0.05) is 6.07 Å². The van der Waals surface area contributed by atoms with Crippen LogP contribution in [0.4, 0.5) is 0 Å². The molecule has 1 saturated heterocycles. The van der Waals surface area contributed by atoms with Crippen molar-refractivity contribution in [2.24, 2.45) is 11.8 Å². The summed E-state index contributed by atoms with van der Waals surface area (Å²) >= 11 is 0. The van der Waals surface area contributed by atoms with Crippen molar-refractivity contribution in [2.75, 3.05) is 13.7 Å². The molecule has 1 aromatic carbocycles. The van der Waals surface area contributed by atoms with Crippen LogP contribution in [0.3, 0.4) is 0 Å². The van der Waals surface area contributed by atoms with Crippen LogP contribution < -0.4 is 14.8 Å². The van der Waals surface area contributed by atoms with Crippen molar-refractivity contribution in [3.8, 4) is 11.6 Å². The summed E-state index contributed by atoms with van der Waals surface area (Å²) in [6.07, 6.45) is 3.86. The van der Waals surface area contributed by atoms with E-state index in [2.05, 4.69) is 10.3 Å². The number of carbonyl (C=O) groups is 1. The summed E-state index contributed by atoms with van der Waals surface area (Å²) in [4.78, 5) is 16.1. The lowest BCUT2D eigenvalue weighted by atomic mass is 9.73. The maximum atomic E-state index is 11.8. The molecule has 2 aliphatic rings. The minimum Gasteiger partial charge on any atom is -0.497 e. The Morgan fingerprint density at radius 3 is 2.95 bits per heavy atom. The molecule has 5 nitrogen and oxygen atoms in total. The largest absolute Gasteiger partial charge is 0.497 e. The van der Waals surface area contributed by atoms with Crippen LogP contribution in [0.1, 0.15) is 12.8 Å². The van der Waals surface area contributed by atoms with Gasteiger partial charge in [0.2, 0.25) is 11.8 Å². The summed E-state index contributed by atoms with van der Waals surface area (Å²) in [6.45, 7) is 0.468. The highest BCUT2D eigenvalue weighted by atomic mass is 16.5. The Hall–Kier alpha value is -2.30. The molecule has 114 valence electrons. The van der Waals surface area contributed by atoms with E-state index < -0.39 is 0 Å². The minimum absolute atomic E-state index is 0.105. The summed E-state index contributed by atoms with van der Waals surface area (Å²) in [7, 11) is 1.64. The summed E-state index contributed by atoms with van der Waals surface area (Å²) in [5.74, 6) is 2.18. The number of amides is 1. The average molecular weight is 298 g/mol. The molecule has 2 fully saturated rings. The second kappa shape index (κ2) is 5.16. The molecular weight excluding hydrogens is 280 g/mol.